The van der Waals surface area contributed by atoms with Gasteiger partial charge in [0.15, 0.2) is 5.82 Å². The zero-order valence-electron chi connectivity index (χ0n) is 17.6. The maximum atomic E-state index is 13.2. The number of nitrogens with zero attached hydrogens (tertiary/aromatic N) is 5. The van der Waals surface area contributed by atoms with E-state index in [1.165, 1.54) is 25.7 Å². The first kappa shape index (κ1) is 20.5. The Morgan fingerprint density at radius 1 is 1.13 bits per heavy atom. The van der Waals surface area contributed by atoms with Crippen molar-refractivity contribution in [3.63, 3.8) is 0 Å². The lowest BCUT2D eigenvalue weighted by Gasteiger charge is -2.30. The Labute approximate surface area is 177 Å². The quantitative estimate of drug-likeness (QED) is 0.818. The van der Waals surface area contributed by atoms with Crippen LogP contribution in [0.25, 0.3) is 0 Å². The molecule has 2 aromatic heterocycles. The van der Waals surface area contributed by atoms with Gasteiger partial charge in [0.1, 0.15) is 11.9 Å². The summed E-state index contributed by atoms with van der Waals surface area (Å²) in [5, 5.41) is 7.21. The molecule has 1 aliphatic heterocycles. The number of carbonyl (C=O) groups is 2. The van der Waals surface area contributed by atoms with E-state index in [2.05, 4.69) is 20.2 Å². The number of hydrogen-bond acceptors (Lipinski definition) is 5. The Bertz CT molecular complexity index is 862. The first-order valence-corrected chi connectivity index (χ1v) is 11.0. The van der Waals surface area contributed by atoms with Gasteiger partial charge in [-0.05, 0) is 37.8 Å². The van der Waals surface area contributed by atoms with E-state index in [1.54, 1.807) is 24.5 Å². The van der Waals surface area contributed by atoms with Crippen molar-refractivity contribution >= 4 is 11.8 Å². The standard InChI is InChI=1S/C22H30N6O2/c1-16-24-21(26-25-16)19-15-27(20(29)8-7-17-5-2-3-6-17)13-4-14-28(19)22(30)18-9-11-23-12-10-18/h9-12,17,19H,2-8,13-15H2,1H3,(H,24,25,26). The summed E-state index contributed by atoms with van der Waals surface area (Å²) >= 11 is 0. The number of H-pyrrole nitrogens is 1. The Kier molecular flexibility index (Phi) is 6.40. The number of aromatic nitrogens is 4. The normalized spacial score (nSPS) is 20.4. The van der Waals surface area contributed by atoms with Crippen LogP contribution in [0.1, 0.15) is 73.0 Å². The molecule has 1 N–H and O–H groups in total. The average molecular weight is 411 g/mol. The molecule has 0 spiro atoms. The second-order valence-electron chi connectivity index (χ2n) is 8.41. The topological polar surface area (TPSA) is 95.1 Å². The summed E-state index contributed by atoms with van der Waals surface area (Å²) in [6, 6.07) is 3.07. The van der Waals surface area contributed by atoms with E-state index in [9.17, 15) is 9.59 Å². The second kappa shape index (κ2) is 9.36. The summed E-state index contributed by atoms with van der Waals surface area (Å²) in [5.41, 5.74) is 0.586. The molecule has 8 heteroatoms. The molecule has 160 valence electrons. The van der Waals surface area contributed by atoms with Crippen molar-refractivity contribution in [3.8, 4) is 0 Å². The first-order chi connectivity index (χ1) is 14.6. The second-order valence-corrected chi connectivity index (χ2v) is 8.41. The monoisotopic (exact) mass is 410 g/mol. The predicted molar refractivity (Wildman–Crippen MR) is 112 cm³/mol. The minimum absolute atomic E-state index is 0.0786. The van der Waals surface area contributed by atoms with E-state index >= 15 is 0 Å². The lowest BCUT2D eigenvalue weighted by atomic mass is 10.0. The molecule has 2 aromatic rings. The van der Waals surface area contributed by atoms with Crippen molar-refractivity contribution in [2.45, 2.75) is 57.9 Å². The van der Waals surface area contributed by atoms with E-state index in [0.717, 1.165) is 12.8 Å². The van der Waals surface area contributed by atoms with Crippen LogP contribution in [0, 0.1) is 12.8 Å². The zero-order chi connectivity index (χ0) is 20.9. The Morgan fingerprint density at radius 3 is 2.60 bits per heavy atom. The number of amides is 2. The molecular formula is C22H30N6O2. The summed E-state index contributed by atoms with van der Waals surface area (Å²) < 4.78 is 0. The fraction of sp³-hybridized carbons (Fsp3) is 0.591. The van der Waals surface area contributed by atoms with Crippen molar-refractivity contribution in [2.75, 3.05) is 19.6 Å². The highest BCUT2D eigenvalue weighted by Gasteiger charge is 2.34. The summed E-state index contributed by atoms with van der Waals surface area (Å²) in [5.74, 6) is 2.05. The fourth-order valence-electron chi connectivity index (χ4n) is 4.63. The van der Waals surface area contributed by atoms with Crippen molar-refractivity contribution in [1.29, 1.82) is 0 Å². The third kappa shape index (κ3) is 4.68. The number of rotatable bonds is 5. The zero-order valence-corrected chi connectivity index (χ0v) is 17.6. The number of nitrogens with one attached hydrogen (secondary N) is 1. The summed E-state index contributed by atoms with van der Waals surface area (Å²) in [6.45, 7) is 3.49. The predicted octanol–water partition coefficient (Wildman–Crippen LogP) is 2.89. The maximum absolute atomic E-state index is 13.2. The number of pyridine rings is 1. The van der Waals surface area contributed by atoms with Gasteiger partial charge in [-0.2, -0.15) is 5.10 Å². The van der Waals surface area contributed by atoms with Crippen LogP contribution in [0.2, 0.25) is 0 Å². The van der Waals surface area contributed by atoms with Crippen LogP contribution in [0.3, 0.4) is 0 Å². The molecule has 1 unspecified atom stereocenters. The third-order valence-corrected chi connectivity index (χ3v) is 6.29. The van der Waals surface area contributed by atoms with Gasteiger partial charge in [-0.15, -0.1) is 0 Å². The van der Waals surface area contributed by atoms with Crippen molar-refractivity contribution in [2.24, 2.45) is 5.92 Å². The average Bonchev–Trinajstić information content (AvgIpc) is 3.39. The van der Waals surface area contributed by atoms with Crippen molar-refractivity contribution in [3.05, 3.63) is 41.7 Å². The van der Waals surface area contributed by atoms with Gasteiger partial charge < -0.3 is 9.80 Å². The molecule has 4 rings (SSSR count). The van der Waals surface area contributed by atoms with Gasteiger partial charge in [-0.1, -0.05) is 25.7 Å². The lowest BCUT2D eigenvalue weighted by molar-refractivity contribution is -0.131. The molecule has 8 nitrogen and oxygen atoms in total. The van der Waals surface area contributed by atoms with E-state index in [4.69, 9.17) is 0 Å². The smallest absolute Gasteiger partial charge is 0.254 e. The van der Waals surface area contributed by atoms with Crippen LogP contribution in [-0.2, 0) is 4.79 Å². The fourth-order valence-corrected chi connectivity index (χ4v) is 4.63. The van der Waals surface area contributed by atoms with Gasteiger partial charge >= 0.3 is 0 Å². The number of hydrogen-bond donors (Lipinski definition) is 1. The van der Waals surface area contributed by atoms with Crippen LogP contribution in [-0.4, -0.2) is 61.4 Å². The van der Waals surface area contributed by atoms with Gasteiger partial charge in [-0.3, -0.25) is 19.7 Å². The summed E-state index contributed by atoms with van der Waals surface area (Å²) in [4.78, 5) is 38.5. The van der Waals surface area contributed by atoms with Crippen LogP contribution in [0.15, 0.2) is 24.5 Å². The molecule has 0 aromatic carbocycles. The SMILES string of the molecule is Cc1nc(C2CN(C(=O)CCC3CCCC3)CCCN2C(=O)c2ccncc2)n[nH]1. The highest BCUT2D eigenvalue weighted by Crippen LogP contribution is 2.30. The lowest BCUT2D eigenvalue weighted by Crippen LogP contribution is -2.40. The molecule has 2 amide bonds. The van der Waals surface area contributed by atoms with Crippen molar-refractivity contribution in [1.82, 2.24) is 30.0 Å². The highest BCUT2D eigenvalue weighted by atomic mass is 16.2. The Hall–Kier alpha value is -2.77. The van der Waals surface area contributed by atoms with Crippen LogP contribution >= 0.6 is 0 Å². The summed E-state index contributed by atoms with van der Waals surface area (Å²) in [7, 11) is 0. The molecule has 1 saturated heterocycles. The minimum atomic E-state index is -0.367. The molecule has 1 atom stereocenters. The summed E-state index contributed by atoms with van der Waals surface area (Å²) in [6.07, 6.45) is 10.6. The minimum Gasteiger partial charge on any atom is -0.340 e. The van der Waals surface area contributed by atoms with Gasteiger partial charge in [-0.25, -0.2) is 4.98 Å². The largest absolute Gasteiger partial charge is 0.340 e. The molecule has 1 saturated carbocycles. The molecular weight excluding hydrogens is 380 g/mol. The van der Waals surface area contributed by atoms with E-state index in [1.807, 2.05) is 16.7 Å². The maximum Gasteiger partial charge on any atom is 0.254 e. The highest BCUT2D eigenvalue weighted by molar-refractivity contribution is 5.94. The molecule has 0 bridgehead atoms. The third-order valence-electron chi connectivity index (χ3n) is 6.29. The van der Waals surface area contributed by atoms with Gasteiger partial charge in [0.05, 0.1) is 0 Å². The van der Waals surface area contributed by atoms with E-state index in [0.29, 0.717) is 49.2 Å². The van der Waals surface area contributed by atoms with Crippen LogP contribution in [0.5, 0.6) is 0 Å². The van der Waals surface area contributed by atoms with E-state index < -0.39 is 0 Å². The molecule has 30 heavy (non-hydrogen) atoms. The number of aryl methyl sites for hydroxylation is 1. The first-order valence-electron chi connectivity index (χ1n) is 11.0. The molecule has 0 radical (unpaired) electrons. The van der Waals surface area contributed by atoms with Gasteiger partial charge in [0.2, 0.25) is 5.91 Å². The van der Waals surface area contributed by atoms with Gasteiger partial charge in [0, 0.05) is 44.0 Å². The molecule has 1 aliphatic carbocycles. The molecule has 2 fully saturated rings. The number of aromatic amines is 1. The van der Waals surface area contributed by atoms with E-state index in [-0.39, 0.29) is 17.9 Å². The number of carbonyl (C=O) groups excluding carboxylic acids is 2. The van der Waals surface area contributed by atoms with Crippen LogP contribution in [0.4, 0.5) is 0 Å². The van der Waals surface area contributed by atoms with Gasteiger partial charge in [0.25, 0.3) is 5.91 Å². The Morgan fingerprint density at radius 2 is 1.90 bits per heavy atom. The van der Waals surface area contributed by atoms with Crippen LogP contribution < -0.4 is 0 Å². The Balaban J connectivity index is 1.52. The molecule has 2 aliphatic rings. The van der Waals surface area contributed by atoms with Crippen molar-refractivity contribution < 1.29 is 9.59 Å². The molecule has 3 heterocycles.